The second-order valence-corrected chi connectivity index (χ2v) is 2.49. The first-order valence-corrected chi connectivity index (χ1v) is 3.44. The van der Waals surface area contributed by atoms with Gasteiger partial charge in [-0.1, -0.05) is 17.7 Å². The molecule has 4 nitrogen and oxygen atoms in total. The van der Waals surface area contributed by atoms with Crippen LogP contribution in [0.1, 0.15) is 10.4 Å². The molecular weight excluding hydrogens is 182 g/mol. The third-order valence-corrected chi connectivity index (χ3v) is 1.69. The van der Waals surface area contributed by atoms with E-state index in [0.29, 0.717) is 0 Å². The van der Waals surface area contributed by atoms with E-state index in [9.17, 15) is 4.79 Å². The highest BCUT2D eigenvalue weighted by molar-refractivity contribution is 6.33. The van der Waals surface area contributed by atoms with Crippen molar-refractivity contribution in [2.75, 3.05) is 5.73 Å². The monoisotopic (exact) mass is 187 g/mol. The molecule has 0 amide bonds. The van der Waals surface area contributed by atoms with Gasteiger partial charge in [0.25, 0.3) is 0 Å². The van der Waals surface area contributed by atoms with Gasteiger partial charge >= 0.3 is 5.97 Å². The second kappa shape index (κ2) is 3.42. The minimum absolute atomic E-state index is 0.0463. The summed E-state index contributed by atoms with van der Waals surface area (Å²) in [5.41, 5.74) is 5.56. The van der Waals surface area contributed by atoms with Crippen molar-refractivity contribution in [3.8, 4) is 0 Å². The lowest BCUT2D eigenvalue weighted by atomic mass is 10.2. The van der Waals surface area contributed by atoms with Gasteiger partial charge in [-0.15, -0.1) is 0 Å². The van der Waals surface area contributed by atoms with Crippen LogP contribution in [0.5, 0.6) is 0 Å². The fraction of sp³-hybridized carbons (Fsp3) is 0. The Bertz CT molecular complexity index is 314. The molecule has 64 valence electrons. The van der Waals surface area contributed by atoms with Crippen LogP contribution < -0.4 is 5.73 Å². The average Bonchev–Trinajstić information content (AvgIpc) is 2.08. The first kappa shape index (κ1) is 8.83. The molecule has 0 heterocycles. The van der Waals surface area contributed by atoms with Crippen LogP contribution in [0.25, 0.3) is 0 Å². The van der Waals surface area contributed by atoms with E-state index in [-0.39, 0.29) is 16.3 Å². The molecule has 0 aliphatic heterocycles. The van der Waals surface area contributed by atoms with Crippen molar-refractivity contribution < 1.29 is 14.9 Å². The first-order valence-electron chi connectivity index (χ1n) is 3.06. The van der Waals surface area contributed by atoms with Gasteiger partial charge in [-0.3, -0.25) is 4.89 Å². The lowest BCUT2D eigenvalue weighted by Gasteiger charge is -2.02. The molecule has 0 aliphatic rings. The number of hydrogen-bond donors (Lipinski definition) is 2. The van der Waals surface area contributed by atoms with Gasteiger partial charge in [0.2, 0.25) is 0 Å². The molecule has 1 aromatic carbocycles. The standard InChI is InChI=1S/C7H6ClNO3/c8-5-3-1-2-4(6(5)9)7(10)12-11/h1-3,11H,9H2. The van der Waals surface area contributed by atoms with Gasteiger partial charge < -0.3 is 5.73 Å². The summed E-state index contributed by atoms with van der Waals surface area (Å²) in [5, 5.41) is 8.30. The van der Waals surface area contributed by atoms with Gasteiger partial charge in [0, 0.05) is 0 Å². The Labute approximate surface area is 73.4 Å². The molecule has 1 rings (SSSR count). The molecule has 0 aliphatic carbocycles. The zero-order valence-electron chi connectivity index (χ0n) is 5.95. The van der Waals surface area contributed by atoms with Gasteiger partial charge in [-0.05, 0) is 12.1 Å². The molecule has 0 fully saturated rings. The van der Waals surface area contributed by atoms with E-state index in [1.807, 2.05) is 0 Å². The first-order chi connectivity index (χ1) is 5.66. The maximum atomic E-state index is 10.8. The molecular formula is C7H6ClNO3. The number of nitrogen functional groups attached to an aromatic ring is 1. The Hall–Kier alpha value is -1.26. The van der Waals surface area contributed by atoms with Crippen molar-refractivity contribution in [2.24, 2.45) is 0 Å². The summed E-state index contributed by atoms with van der Waals surface area (Å²) >= 11 is 5.60. The number of carbonyl (C=O) groups excluding carboxylic acids is 1. The quantitative estimate of drug-likeness (QED) is 0.398. The molecule has 0 unspecified atom stereocenters. The average molecular weight is 188 g/mol. The highest BCUT2D eigenvalue weighted by atomic mass is 35.5. The van der Waals surface area contributed by atoms with Gasteiger partial charge in [0.15, 0.2) is 0 Å². The number of rotatable bonds is 1. The Morgan fingerprint density at radius 2 is 2.25 bits per heavy atom. The van der Waals surface area contributed by atoms with E-state index in [1.54, 1.807) is 0 Å². The minimum atomic E-state index is -0.921. The number of carbonyl (C=O) groups is 1. The maximum Gasteiger partial charge on any atom is 0.374 e. The molecule has 0 bridgehead atoms. The normalized spacial score (nSPS) is 9.50. The van der Waals surface area contributed by atoms with Gasteiger partial charge in [-0.2, -0.15) is 5.26 Å². The summed E-state index contributed by atoms with van der Waals surface area (Å²) in [7, 11) is 0. The fourth-order valence-corrected chi connectivity index (χ4v) is 0.939. The topological polar surface area (TPSA) is 72.6 Å². The molecule has 12 heavy (non-hydrogen) atoms. The van der Waals surface area contributed by atoms with Crippen LogP contribution in [0.2, 0.25) is 5.02 Å². The van der Waals surface area contributed by atoms with Crippen LogP contribution >= 0.6 is 11.6 Å². The Morgan fingerprint density at radius 1 is 1.58 bits per heavy atom. The molecule has 5 heteroatoms. The molecule has 0 aromatic heterocycles. The largest absolute Gasteiger partial charge is 0.397 e. The molecule has 1 aromatic rings. The Kier molecular flexibility index (Phi) is 2.52. The maximum absolute atomic E-state index is 10.8. The van der Waals surface area contributed by atoms with Crippen LogP contribution in [0.3, 0.4) is 0 Å². The number of benzene rings is 1. The third kappa shape index (κ3) is 1.49. The number of anilines is 1. The van der Waals surface area contributed by atoms with E-state index in [4.69, 9.17) is 22.6 Å². The lowest BCUT2D eigenvalue weighted by molar-refractivity contribution is -0.182. The number of hydrogen-bond acceptors (Lipinski definition) is 4. The molecule has 0 saturated heterocycles. The highest BCUT2D eigenvalue weighted by Crippen LogP contribution is 2.22. The number of para-hydroxylation sites is 1. The second-order valence-electron chi connectivity index (χ2n) is 2.08. The van der Waals surface area contributed by atoms with E-state index < -0.39 is 5.97 Å². The van der Waals surface area contributed by atoms with Gasteiger partial charge in [-0.25, -0.2) is 4.79 Å². The number of nitrogens with two attached hydrogens (primary N) is 1. The predicted octanol–water partition coefficient (Wildman–Crippen LogP) is 1.55. The minimum Gasteiger partial charge on any atom is -0.397 e. The smallest absolute Gasteiger partial charge is 0.374 e. The fourth-order valence-electron chi connectivity index (χ4n) is 0.764. The van der Waals surface area contributed by atoms with Gasteiger partial charge in [0.05, 0.1) is 16.3 Å². The third-order valence-electron chi connectivity index (χ3n) is 1.36. The summed E-state index contributed by atoms with van der Waals surface area (Å²) in [5.74, 6) is -0.921. The van der Waals surface area contributed by atoms with Crippen LogP contribution in [0.15, 0.2) is 18.2 Å². The zero-order chi connectivity index (χ0) is 9.14. The van der Waals surface area contributed by atoms with E-state index in [0.717, 1.165) is 0 Å². The number of halogens is 1. The molecule has 0 saturated carbocycles. The van der Waals surface area contributed by atoms with Crippen molar-refractivity contribution in [1.82, 2.24) is 0 Å². The summed E-state index contributed by atoms with van der Waals surface area (Å²) in [4.78, 5) is 14.3. The SMILES string of the molecule is Nc1c(Cl)cccc1C(=O)OO. The molecule has 3 N–H and O–H groups in total. The van der Waals surface area contributed by atoms with Crippen LogP contribution in [-0.4, -0.2) is 11.2 Å². The van der Waals surface area contributed by atoms with Crippen LogP contribution in [0.4, 0.5) is 5.69 Å². The van der Waals surface area contributed by atoms with Crippen molar-refractivity contribution in [1.29, 1.82) is 0 Å². The lowest BCUT2D eigenvalue weighted by Crippen LogP contribution is -2.05. The van der Waals surface area contributed by atoms with Crippen molar-refractivity contribution in [3.63, 3.8) is 0 Å². The van der Waals surface area contributed by atoms with E-state index in [1.165, 1.54) is 18.2 Å². The van der Waals surface area contributed by atoms with E-state index in [2.05, 4.69) is 4.89 Å². The van der Waals surface area contributed by atoms with Gasteiger partial charge in [0.1, 0.15) is 0 Å². The highest BCUT2D eigenvalue weighted by Gasteiger charge is 2.12. The summed E-state index contributed by atoms with van der Waals surface area (Å²) in [6.45, 7) is 0. The van der Waals surface area contributed by atoms with Crippen LogP contribution in [0, 0.1) is 0 Å². The summed E-state index contributed by atoms with van der Waals surface area (Å²) in [6.07, 6.45) is 0. The zero-order valence-corrected chi connectivity index (χ0v) is 6.71. The Morgan fingerprint density at radius 3 is 2.83 bits per heavy atom. The molecule has 0 radical (unpaired) electrons. The molecule has 0 atom stereocenters. The predicted molar refractivity (Wildman–Crippen MR) is 43.9 cm³/mol. The van der Waals surface area contributed by atoms with Crippen molar-refractivity contribution >= 4 is 23.3 Å². The summed E-state index contributed by atoms with van der Waals surface area (Å²) in [6, 6.07) is 4.47. The molecule has 0 spiro atoms. The van der Waals surface area contributed by atoms with Crippen molar-refractivity contribution in [3.05, 3.63) is 28.8 Å². The Balaban J connectivity index is 3.16. The van der Waals surface area contributed by atoms with E-state index >= 15 is 0 Å². The summed E-state index contributed by atoms with van der Waals surface area (Å²) < 4.78 is 0. The van der Waals surface area contributed by atoms with Crippen molar-refractivity contribution in [2.45, 2.75) is 0 Å². The van der Waals surface area contributed by atoms with Crippen LogP contribution in [-0.2, 0) is 4.89 Å².